The summed E-state index contributed by atoms with van der Waals surface area (Å²) in [6.07, 6.45) is 1.02. The fourth-order valence-corrected chi connectivity index (χ4v) is 4.01. The lowest BCUT2D eigenvalue weighted by molar-refractivity contribution is 0.0736. The summed E-state index contributed by atoms with van der Waals surface area (Å²) in [6.45, 7) is 1.92. The Balaban J connectivity index is 1.86. The number of carbonyl (C=O) groups is 1. The highest BCUT2D eigenvalue weighted by molar-refractivity contribution is 7.91. The standard InChI is InChI=1S/C20H16N2O5S/c1-13-7-8-15-11-18(27-20(24)14-5-3-2-4-6-14)17(10-16(15)9-13)22-12-19(23)21-28(22,25)26/h2-12,21,23H,1H3. The summed E-state index contributed by atoms with van der Waals surface area (Å²) in [4.78, 5) is 12.5. The number of aliphatic hydroxyl groups is 1. The van der Waals surface area contributed by atoms with Crippen molar-refractivity contribution >= 4 is 32.6 Å². The molecule has 0 fully saturated rings. The second kappa shape index (κ2) is 6.58. The van der Waals surface area contributed by atoms with Gasteiger partial charge in [0, 0.05) is 0 Å². The molecule has 7 nitrogen and oxygen atoms in total. The average Bonchev–Trinajstić information content (AvgIpc) is 2.94. The molecule has 0 amide bonds. The molecule has 0 aliphatic carbocycles. The van der Waals surface area contributed by atoms with Crippen LogP contribution in [0.3, 0.4) is 0 Å². The van der Waals surface area contributed by atoms with Gasteiger partial charge in [0.1, 0.15) is 5.69 Å². The minimum Gasteiger partial charge on any atom is -0.493 e. The second-order valence-electron chi connectivity index (χ2n) is 6.34. The number of nitrogens with one attached hydrogen (secondary N) is 1. The molecule has 3 aromatic carbocycles. The third-order valence-corrected chi connectivity index (χ3v) is 5.54. The zero-order valence-electron chi connectivity index (χ0n) is 14.8. The second-order valence-corrected chi connectivity index (χ2v) is 7.89. The quantitative estimate of drug-likeness (QED) is 0.523. The number of esters is 1. The van der Waals surface area contributed by atoms with Crippen molar-refractivity contribution in [2.45, 2.75) is 6.92 Å². The number of anilines is 1. The fraction of sp³-hybridized carbons (Fsp3) is 0.0500. The highest BCUT2D eigenvalue weighted by Gasteiger charge is 2.31. The van der Waals surface area contributed by atoms with Crippen LogP contribution in [-0.4, -0.2) is 19.5 Å². The van der Waals surface area contributed by atoms with Crippen molar-refractivity contribution in [1.82, 2.24) is 4.72 Å². The van der Waals surface area contributed by atoms with Crippen molar-refractivity contribution in [3.63, 3.8) is 0 Å². The number of carbonyl (C=O) groups excluding carboxylic acids is 1. The van der Waals surface area contributed by atoms with Crippen molar-refractivity contribution in [3.8, 4) is 5.75 Å². The van der Waals surface area contributed by atoms with Crippen LogP contribution in [-0.2, 0) is 10.2 Å². The smallest absolute Gasteiger partial charge is 0.343 e. The van der Waals surface area contributed by atoms with E-state index in [4.69, 9.17) is 4.74 Å². The molecule has 0 saturated heterocycles. The van der Waals surface area contributed by atoms with Gasteiger partial charge >= 0.3 is 16.2 Å². The maximum atomic E-state index is 12.5. The average molecular weight is 396 g/mol. The predicted molar refractivity (Wildman–Crippen MR) is 105 cm³/mol. The van der Waals surface area contributed by atoms with Gasteiger partial charge in [-0.25, -0.2) is 13.8 Å². The van der Waals surface area contributed by atoms with Gasteiger partial charge in [0.15, 0.2) is 5.75 Å². The number of ether oxygens (including phenoxy) is 1. The SMILES string of the molecule is Cc1ccc2cc(OC(=O)c3ccccc3)c(N3C=C(O)NS3(=O)=O)cc2c1. The number of fused-ring (bicyclic) bond motifs is 1. The van der Waals surface area contributed by atoms with Gasteiger partial charge in [0.2, 0.25) is 5.88 Å². The monoisotopic (exact) mass is 396 g/mol. The number of rotatable bonds is 3. The Kier molecular flexibility index (Phi) is 4.20. The first-order chi connectivity index (χ1) is 13.3. The van der Waals surface area contributed by atoms with Crippen LogP contribution >= 0.6 is 0 Å². The zero-order chi connectivity index (χ0) is 19.9. The summed E-state index contributed by atoms with van der Waals surface area (Å²) >= 11 is 0. The number of hydrogen-bond acceptors (Lipinski definition) is 5. The molecule has 142 valence electrons. The maximum Gasteiger partial charge on any atom is 0.343 e. The lowest BCUT2D eigenvalue weighted by Crippen LogP contribution is -2.30. The maximum absolute atomic E-state index is 12.5. The molecule has 0 atom stereocenters. The Hall–Kier alpha value is -3.52. The summed E-state index contributed by atoms with van der Waals surface area (Å²) in [5, 5.41) is 11.2. The summed E-state index contributed by atoms with van der Waals surface area (Å²) < 4.78 is 33.1. The Morgan fingerprint density at radius 3 is 2.46 bits per heavy atom. The van der Waals surface area contributed by atoms with Crippen LogP contribution in [0.1, 0.15) is 15.9 Å². The molecule has 0 bridgehead atoms. The van der Waals surface area contributed by atoms with Crippen LogP contribution < -0.4 is 13.8 Å². The highest BCUT2D eigenvalue weighted by Crippen LogP contribution is 2.37. The molecule has 1 aliphatic rings. The molecule has 3 aromatic rings. The third kappa shape index (κ3) is 3.25. The van der Waals surface area contributed by atoms with Gasteiger partial charge in [0.05, 0.1) is 11.8 Å². The minimum absolute atomic E-state index is 0.0570. The van der Waals surface area contributed by atoms with Gasteiger partial charge in [-0.1, -0.05) is 42.0 Å². The Morgan fingerprint density at radius 2 is 1.79 bits per heavy atom. The molecule has 4 rings (SSSR count). The summed E-state index contributed by atoms with van der Waals surface area (Å²) in [5.41, 5.74) is 1.44. The lowest BCUT2D eigenvalue weighted by Gasteiger charge is -2.19. The van der Waals surface area contributed by atoms with Crippen LogP contribution in [0.2, 0.25) is 0 Å². The molecule has 2 N–H and O–H groups in total. The van der Waals surface area contributed by atoms with Crippen LogP contribution in [0.5, 0.6) is 5.75 Å². The minimum atomic E-state index is -4.04. The van der Waals surface area contributed by atoms with Gasteiger partial charge in [-0.2, -0.15) is 8.42 Å². The number of aliphatic hydroxyl groups excluding tert-OH is 1. The Labute approximate surface area is 161 Å². The van der Waals surface area contributed by atoms with Crippen molar-refractivity contribution in [2.75, 3.05) is 4.31 Å². The van der Waals surface area contributed by atoms with E-state index in [2.05, 4.69) is 0 Å². The van der Waals surface area contributed by atoms with E-state index in [1.54, 1.807) is 42.5 Å². The predicted octanol–water partition coefficient (Wildman–Crippen LogP) is 3.38. The van der Waals surface area contributed by atoms with Gasteiger partial charge in [-0.3, -0.25) is 0 Å². The van der Waals surface area contributed by atoms with Crippen molar-refractivity contribution in [2.24, 2.45) is 0 Å². The Morgan fingerprint density at radius 1 is 1.04 bits per heavy atom. The van der Waals surface area contributed by atoms with Crippen LogP contribution in [0.15, 0.2) is 72.7 Å². The number of nitrogens with zero attached hydrogens (tertiary/aromatic N) is 1. The molecule has 0 saturated carbocycles. The van der Waals surface area contributed by atoms with E-state index in [1.807, 2.05) is 29.8 Å². The van der Waals surface area contributed by atoms with Crippen LogP contribution in [0.25, 0.3) is 10.8 Å². The van der Waals surface area contributed by atoms with E-state index in [1.165, 1.54) is 0 Å². The number of aryl methyl sites for hydroxylation is 1. The molecular formula is C20H16N2O5S. The van der Waals surface area contributed by atoms with Gasteiger partial charge in [0.25, 0.3) is 0 Å². The normalized spacial score (nSPS) is 15.2. The van der Waals surface area contributed by atoms with Crippen LogP contribution in [0.4, 0.5) is 5.69 Å². The molecule has 0 aromatic heterocycles. The number of benzene rings is 3. The van der Waals surface area contributed by atoms with Gasteiger partial charge in [-0.15, -0.1) is 0 Å². The molecule has 0 radical (unpaired) electrons. The third-order valence-electron chi connectivity index (χ3n) is 4.26. The summed E-state index contributed by atoms with van der Waals surface area (Å²) in [7, 11) is -4.04. The fourth-order valence-electron chi connectivity index (χ4n) is 2.96. The van der Waals surface area contributed by atoms with E-state index >= 15 is 0 Å². The molecule has 8 heteroatoms. The molecule has 1 heterocycles. The number of hydrogen-bond donors (Lipinski definition) is 2. The summed E-state index contributed by atoms with van der Waals surface area (Å²) in [5.74, 6) is -1.09. The van der Waals surface area contributed by atoms with E-state index in [0.717, 1.165) is 26.8 Å². The first kappa shape index (κ1) is 17.9. The van der Waals surface area contributed by atoms with E-state index < -0.39 is 22.1 Å². The van der Waals surface area contributed by atoms with Crippen molar-refractivity contribution in [3.05, 3.63) is 83.9 Å². The zero-order valence-corrected chi connectivity index (χ0v) is 15.6. The van der Waals surface area contributed by atoms with Gasteiger partial charge in [-0.05, 0) is 42.0 Å². The topological polar surface area (TPSA) is 95.9 Å². The Bertz CT molecular complexity index is 1220. The van der Waals surface area contributed by atoms with Gasteiger partial charge < -0.3 is 9.84 Å². The molecule has 1 aliphatic heterocycles. The summed E-state index contributed by atoms with van der Waals surface area (Å²) in [6, 6.07) is 17.3. The van der Waals surface area contributed by atoms with E-state index in [0.29, 0.717) is 5.56 Å². The lowest BCUT2D eigenvalue weighted by atomic mass is 10.1. The molecule has 0 spiro atoms. The first-order valence-electron chi connectivity index (χ1n) is 8.38. The molecular weight excluding hydrogens is 380 g/mol. The van der Waals surface area contributed by atoms with Crippen molar-refractivity contribution in [1.29, 1.82) is 0 Å². The highest BCUT2D eigenvalue weighted by atomic mass is 32.2. The van der Waals surface area contributed by atoms with E-state index in [9.17, 15) is 18.3 Å². The van der Waals surface area contributed by atoms with E-state index in [-0.39, 0.29) is 11.4 Å². The van der Waals surface area contributed by atoms with Crippen LogP contribution in [0, 0.1) is 6.92 Å². The molecule has 28 heavy (non-hydrogen) atoms. The largest absolute Gasteiger partial charge is 0.493 e. The molecule has 0 unspecified atom stereocenters. The van der Waals surface area contributed by atoms with Crippen molar-refractivity contribution < 1.29 is 23.1 Å². The first-order valence-corrected chi connectivity index (χ1v) is 9.82.